The van der Waals surface area contributed by atoms with Crippen molar-refractivity contribution in [3.8, 4) is 0 Å². The van der Waals surface area contributed by atoms with Crippen LogP contribution >= 0.6 is 0 Å². The Kier molecular flexibility index (Phi) is 5.84. The second-order valence-corrected chi connectivity index (χ2v) is 2.59. The van der Waals surface area contributed by atoms with Crippen LogP contribution in [0, 0.1) is 0 Å². The van der Waals surface area contributed by atoms with Crippen LogP contribution in [-0.4, -0.2) is 25.2 Å². The number of nitrogens with two attached hydrogens (primary N) is 2. The van der Waals surface area contributed by atoms with E-state index >= 15 is 0 Å². The van der Waals surface area contributed by atoms with Crippen molar-refractivity contribution in [3.63, 3.8) is 0 Å². The smallest absolute Gasteiger partial charge is 0.333 e. The number of hydrogen-bond acceptors (Lipinski definition) is 4. The molecule has 74 valence electrons. The van der Waals surface area contributed by atoms with Gasteiger partial charge in [-0.05, 0) is 6.92 Å². The van der Waals surface area contributed by atoms with E-state index in [-0.39, 0.29) is 18.6 Å². The first-order valence-corrected chi connectivity index (χ1v) is 4.05. The van der Waals surface area contributed by atoms with Gasteiger partial charge in [-0.15, -0.1) is 6.58 Å². The van der Waals surface area contributed by atoms with Gasteiger partial charge in [-0.2, -0.15) is 0 Å². The van der Waals surface area contributed by atoms with Crippen LogP contribution in [0.4, 0.5) is 0 Å². The van der Waals surface area contributed by atoms with Crippen molar-refractivity contribution in [2.24, 2.45) is 11.5 Å². The molecule has 1 atom stereocenters. The highest BCUT2D eigenvalue weighted by atomic mass is 16.5. The highest BCUT2D eigenvalue weighted by Crippen LogP contribution is 1.98. The average molecular weight is 184 g/mol. The molecule has 1 unspecified atom stereocenters. The van der Waals surface area contributed by atoms with Crippen LogP contribution < -0.4 is 11.5 Å². The van der Waals surface area contributed by atoms with Crippen molar-refractivity contribution < 1.29 is 9.53 Å². The molecule has 13 heavy (non-hydrogen) atoms. The minimum Gasteiger partial charge on any atom is -0.461 e. The summed E-state index contributed by atoms with van der Waals surface area (Å²) in [6, 6.07) is -0.314. The van der Waals surface area contributed by atoms with Crippen molar-refractivity contribution in [1.29, 1.82) is 0 Å². The summed E-state index contributed by atoms with van der Waals surface area (Å²) in [6.07, 6.45) is 3.13. The first-order chi connectivity index (χ1) is 6.11. The molecule has 0 aliphatic heterocycles. The summed E-state index contributed by atoms with van der Waals surface area (Å²) in [4.78, 5) is 11.1. The Labute approximate surface area is 78.2 Å². The molecule has 0 aliphatic carbocycles. The van der Waals surface area contributed by atoms with E-state index in [9.17, 15) is 4.79 Å². The summed E-state index contributed by atoms with van der Waals surface area (Å²) in [7, 11) is 0. The van der Waals surface area contributed by atoms with Gasteiger partial charge < -0.3 is 16.2 Å². The number of rotatable bonds is 5. The molecule has 4 N–H and O–H groups in total. The molecule has 0 aromatic heterocycles. The predicted molar refractivity (Wildman–Crippen MR) is 51.9 cm³/mol. The SMILES string of the molecule is C=CC(N)C=C(C)C(=O)OCCN. The maximum absolute atomic E-state index is 11.1. The molecule has 0 rings (SSSR count). The molecule has 0 fully saturated rings. The van der Waals surface area contributed by atoms with E-state index in [4.69, 9.17) is 16.2 Å². The Morgan fingerprint density at radius 1 is 1.69 bits per heavy atom. The van der Waals surface area contributed by atoms with Crippen molar-refractivity contribution in [2.75, 3.05) is 13.2 Å². The van der Waals surface area contributed by atoms with E-state index in [2.05, 4.69) is 6.58 Å². The zero-order valence-corrected chi connectivity index (χ0v) is 7.82. The van der Waals surface area contributed by atoms with E-state index in [0.29, 0.717) is 12.1 Å². The average Bonchev–Trinajstić information content (AvgIpc) is 2.13. The maximum Gasteiger partial charge on any atom is 0.333 e. The minimum absolute atomic E-state index is 0.230. The van der Waals surface area contributed by atoms with E-state index in [0.717, 1.165) is 0 Å². The number of hydrogen-bond donors (Lipinski definition) is 2. The highest BCUT2D eigenvalue weighted by molar-refractivity contribution is 5.87. The molecule has 0 bridgehead atoms. The van der Waals surface area contributed by atoms with Crippen LogP contribution in [0.25, 0.3) is 0 Å². The maximum atomic E-state index is 11.1. The van der Waals surface area contributed by atoms with Crippen LogP contribution in [0.5, 0.6) is 0 Å². The Balaban J connectivity index is 4.07. The van der Waals surface area contributed by atoms with Crippen LogP contribution in [-0.2, 0) is 9.53 Å². The van der Waals surface area contributed by atoms with Gasteiger partial charge in [0.05, 0.1) is 0 Å². The Hall–Kier alpha value is -1.13. The molecule has 0 radical (unpaired) electrons. The second-order valence-electron chi connectivity index (χ2n) is 2.59. The first-order valence-electron chi connectivity index (χ1n) is 4.05. The molecule has 4 heteroatoms. The molecule has 0 aromatic carbocycles. The lowest BCUT2D eigenvalue weighted by atomic mass is 10.2. The summed E-state index contributed by atoms with van der Waals surface area (Å²) < 4.78 is 4.78. The second kappa shape index (κ2) is 6.39. The summed E-state index contributed by atoms with van der Waals surface area (Å²) >= 11 is 0. The standard InChI is InChI=1S/C9H16N2O2/c1-3-8(11)6-7(2)9(12)13-5-4-10/h3,6,8H,1,4-5,10-11H2,2H3. The molecule has 4 nitrogen and oxygen atoms in total. The molecule has 0 saturated carbocycles. The quantitative estimate of drug-likeness (QED) is 0.356. The summed E-state index contributed by atoms with van der Waals surface area (Å²) in [5, 5.41) is 0. The van der Waals surface area contributed by atoms with Crippen molar-refractivity contribution in [3.05, 3.63) is 24.3 Å². The number of ether oxygens (including phenoxy) is 1. The summed E-state index contributed by atoms with van der Waals surface area (Å²) in [5.74, 6) is -0.386. The molecular formula is C9H16N2O2. The third-order valence-corrected chi connectivity index (χ3v) is 1.39. The third kappa shape index (κ3) is 5.16. The van der Waals surface area contributed by atoms with Crippen LogP contribution in [0.1, 0.15) is 6.92 Å². The van der Waals surface area contributed by atoms with Crippen LogP contribution in [0.2, 0.25) is 0 Å². The van der Waals surface area contributed by atoms with Gasteiger partial charge in [-0.3, -0.25) is 0 Å². The Morgan fingerprint density at radius 3 is 2.77 bits per heavy atom. The molecule has 0 spiro atoms. The van der Waals surface area contributed by atoms with Crippen molar-refractivity contribution in [2.45, 2.75) is 13.0 Å². The van der Waals surface area contributed by atoms with E-state index in [1.165, 1.54) is 0 Å². The lowest BCUT2D eigenvalue weighted by Gasteiger charge is -2.04. The number of carbonyl (C=O) groups is 1. The molecule has 0 aliphatic rings. The van der Waals surface area contributed by atoms with Gasteiger partial charge in [-0.1, -0.05) is 12.2 Å². The molecule has 0 saturated heterocycles. The van der Waals surface area contributed by atoms with Crippen LogP contribution in [0.3, 0.4) is 0 Å². The fraction of sp³-hybridized carbons (Fsp3) is 0.444. The lowest BCUT2D eigenvalue weighted by Crippen LogP contribution is -2.18. The van der Waals surface area contributed by atoms with Crippen molar-refractivity contribution in [1.82, 2.24) is 0 Å². The molecule has 0 heterocycles. The lowest BCUT2D eigenvalue weighted by molar-refractivity contribution is -0.138. The zero-order valence-electron chi connectivity index (χ0n) is 7.82. The fourth-order valence-corrected chi connectivity index (χ4v) is 0.690. The third-order valence-electron chi connectivity index (χ3n) is 1.39. The van der Waals surface area contributed by atoms with Gasteiger partial charge in [0, 0.05) is 18.2 Å². The fourth-order valence-electron chi connectivity index (χ4n) is 0.690. The van der Waals surface area contributed by atoms with Gasteiger partial charge in [0.25, 0.3) is 0 Å². The van der Waals surface area contributed by atoms with Gasteiger partial charge >= 0.3 is 5.97 Å². The Morgan fingerprint density at radius 2 is 2.31 bits per heavy atom. The summed E-state index contributed by atoms with van der Waals surface area (Å²) in [6.45, 7) is 5.69. The van der Waals surface area contributed by atoms with Gasteiger partial charge in [-0.25, -0.2) is 4.79 Å². The molecular weight excluding hydrogens is 168 g/mol. The van der Waals surface area contributed by atoms with E-state index in [1.54, 1.807) is 19.1 Å². The summed E-state index contributed by atoms with van der Waals surface area (Å²) in [5.41, 5.74) is 11.2. The van der Waals surface area contributed by atoms with Gasteiger partial charge in [0.1, 0.15) is 6.61 Å². The van der Waals surface area contributed by atoms with Gasteiger partial charge in [0.2, 0.25) is 0 Å². The Bertz CT molecular complexity index is 212. The largest absolute Gasteiger partial charge is 0.461 e. The van der Waals surface area contributed by atoms with E-state index in [1.807, 2.05) is 0 Å². The predicted octanol–water partition coefficient (Wildman–Crippen LogP) is -0.0521. The topological polar surface area (TPSA) is 78.3 Å². The number of esters is 1. The van der Waals surface area contributed by atoms with Gasteiger partial charge in [0.15, 0.2) is 0 Å². The number of carbonyl (C=O) groups excluding carboxylic acids is 1. The zero-order chi connectivity index (χ0) is 10.3. The minimum atomic E-state index is -0.386. The highest BCUT2D eigenvalue weighted by Gasteiger charge is 2.05. The monoisotopic (exact) mass is 184 g/mol. The molecule has 0 amide bonds. The van der Waals surface area contributed by atoms with Crippen molar-refractivity contribution >= 4 is 5.97 Å². The first kappa shape index (κ1) is 11.9. The normalized spacial score (nSPS) is 13.6. The molecule has 0 aromatic rings. The van der Waals surface area contributed by atoms with Crippen LogP contribution in [0.15, 0.2) is 24.3 Å². The van der Waals surface area contributed by atoms with E-state index < -0.39 is 0 Å².